The summed E-state index contributed by atoms with van der Waals surface area (Å²) in [5.74, 6) is -0.383. The van der Waals surface area contributed by atoms with Crippen molar-refractivity contribution in [3.8, 4) is 0 Å². The van der Waals surface area contributed by atoms with Gasteiger partial charge < -0.3 is 30.1 Å². The summed E-state index contributed by atoms with van der Waals surface area (Å²) in [5.41, 5.74) is 1.48. The molecule has 2 amide bonds. The first-order valence-corrected chi connectivity index (χ1v) is 12.2. The van der Waals surface area contributed by atoms with E-state index in [2.05, 4.69) is 25.6 Å². The van der Waals surface area contributed by atoms with Crippen LogP contribution in [0, 0.1) is 0 Å². The molecule has 0 unspecified atom stereocenters. The van der Waals surface area contributed by atoms with Crippen LogP contribution in [-0.4, -0.2) is 57.7 Å². The van der Waals surface area contributed by atoms with Crippen LogP contribution >= 0.6 is 0 Å². The molecule has 10 heteroatoms. The Morgan fingerprint density at radius 1 is 1.00 bits per heavy atom. The van der Waals surface area contributed by atoms with Crippen molar-refractivity contribution in [2.75, 3.05) is 7.11 Å². The van der Waals surface area contributed by atoms with Gasteiger partial charge in [-0.05, 0) is 32.4 Å². The van der Waals surface area contributed by atoms with Crippen LogP contribution in [0.1, 0.15) is 58.6 Å². The molecule has 0 fully saturated rings. The number of nitrogens with one attached hydrogen (secondary N) is 4. The molecule has 4 N–H and O–H groups in total. The first-order chi connectivity index (χ1) is 17.3. The van der Waals surface area contributed by atoms with Crippen LogP contribution in [-0.2, 0) is 37.3 Å². The van der Waals surface area contributed by atoms with Crippen molar-refractivity contribution < 1.29 is 23.9 Å². The summed E-state index contributed by atoms with van der Waals surface area (Å²) in [4.78, 5) is 49.5. The molecule has 0 aliphatic carbocycles. The number of alkyl carbamates (subject to hydrolysis) is 1. The predicted octanol–water partition coefficient (Wildman–Crippen LogP) is 3.52. The van der Waals surface area contributed by atoms with E-state index in [1.807, 2.05) is 45.0 Å². The first kappa shape index (κ1) is 27.8. The van der Waals surface area contributed by atoms with E-state index in [-0.39, 0.29) is 18.3 Å². The number of benzene rings is 1. The van der Waals surface area contributed by atoms with Crippen LogP contribution in [0.5, 0.6) is 0 Å². The number of H-pyrrole nitrogens is 2. The third kappa shape index (κ3) is 7.58. The number of para-hydroxylation sites is 1. The molecule has 0 aliphatic heterocycles. The number of carbonyl (C=O) groups excluding carboxylic acids is 3. The Morgan fingerprint density at radius 2 is 1.70 bits per heavy atom. The van der Waals surface area contributed by atoms with E-state index in [9.17, 15) is 14.4 Å². The summed E-state index contributed by atoms with van der Waals surface area (Å²) in [7, 11) is 1.26. The maximum absolute atomic E-state index is 13.5. The number of esters is 1. The number of carbonyl (C=O) groups is 3. The van der Waals surface area contributed by atoms with Gasteiger partial charge in [-0.25, -0.2) is 14.6 Å². The predicted molar refractivity (Wildman–Crippen MR) is 140 cm³/mol. The summed E-state index contributed by atoms with van der Waals surface area (Å²) in [5, 5.41) is 6.35. The largest absolute Gasteiger partial charge is 0.467 e. The minimum atomic E-state index is -1.01. The smallest absolute Gasteiger partial charge is 0.408 e. The molecule has 2 aromatic heterocycles. The fourth-order valence-electron chi connectivity index (χ4n) is 3.85. The molecule has 0 bridgehead atoms. The van der Waals surface area contributed by atoms with Crippen molar-refractivity contribution in [2.45, 2.75) is 77.5 Å². The minimum Gasteiger partial charge on any atom is -0.467 e. The Labute approximate surface area is 216 Å². The number of amides is 2. The maximum Gasteiger partial charge on any atom is 0.408 e. The van der Waals surface area contributed by atoms with Gasteiger partial charge in [0.1, 0.15) is 23.5 Å². The van der Waals surface area contributed by atoms with Gasteiger partial charge in [0.05, 0.1) is 7.11 Å². The highest BCUT2D eigenvalue weighted by molar-refractivity contribution is 5.91. The molecular weight excluding hydrogens is 474 g/mol. The van der Waals surface area contributed by atoms with E-state index in [4.69, 9.17) is 9.47 Å². The van der Waals surface area contributed by atoms with Crippen molar-refractivity contribution in [1.29, 1.82) is 0 Å². The van der Waals surface area contributed by atoms with Gasteiger partial charge in [-0.3, -0.25) is 4.79 Å². The average molecular weight is 512 g/mol. The second-order valence-electron chi connectivity index (χ2n) is 11.1. The van der Waals surface area contributed by atoms with Crippen molar-refractivity contribution >= 4 is 28.9 Å². The normalized spacial score (nSPS) is 13.6. The van der Waals surface area contributed by atoms with E-state index in [1.54, 1.807) is 33.2 Å². The number of hydrogen-bond donors (Lipinski definition) is 4. The molecule has 2 heterocycles. The number of fused-ring (bicyclic) bond motifs is 1. The number of hydrogen-bond acceptors (Lipinski definition) is 6. The summed E-state index contributed by atoms with van der Waals surface area (Å²) < 4.78 is 10.3. The Bertz CT molecular complexity index is 1250. The average Bonchev–Trinajstić information content (AvgIpc) is 3.44. The lowest BCUT2D eigenvalue weighted by Gasteiger charge is -2.25. The van der Waals surface area contributed by atoms with Gasteiger partial charge >= 0.3 is 12.1 Å². The van der Waals surface area contributed by atoms with Crippen LogP contribution < -0.4 is 10.6 Å². The summed E-state index contributed by atoms with van der Waals surface area (Å²) >= 11 is 0. The van der Waals surface area contributed by atoms with Crippen molar-refractivity contribution in [2.24, 2.45) is 0 Å². The van der Waals surface area contributed by atoms with Crippen LogP contribution in [0.4, 0.5) is 4.79 Å². The molecule has 37 heavy (non-hydrogen) atoms. The Morgan fingerprint density at radius 3 is 2.32 bits per heavy atom. The zero-order valence-electron chi connectivity index (χ0n) is 22.5. The first-order valence-electron chi connectivity index (χ1n) is 12.2. The molecule has 0 spiro atoms. The van der Waals surface area contributed by atoms with Crippen molar-refractivity contribution in [3.05, 3.63) is 53.7 Å². The topological polar surface area (TPSA) is 138 Å². The number of methoxy groups -OCH3 is 1. The molecule has 3 rings (SSSR count). The van der Waals surface area contributed by atoms with Gasteiger partial charge in [-0.2, -0.15) is 0 Å². The fraction of sp³-hybridized carbons (Fsp3) is 0.481. The standard InChI is InChI=1S/C27H37N5O5/c1-26(2,3)24-29-15-17(30-24)13-21(23(34)36-7)31-22(33)20(32-25(35)37-27(4,5)6)12-16-14-28-19-11-9-8-10-18(16)19/h8-11,14-15,20-21,28H,12-13H2,1-7H3,(H,29,30)(H,31,33)(H,32,35)/t20-,21-/m0/s1. The zero-order chi connectivity index (χ0) is 27.4. The summed E-state index contributed by atoms with van der Waals surface area (Å²) in [6.45, 7) is 11.3. The van der Waals surface area contributed by atoms with Gasteiger partial charge in [0, 0.05) is 47.2 Å². The second-order valence-corrected chi connectivity index (χ2v) is 11.1. The van der Waals surface area contributed by atoms with E-state index in [1.165, 1.54) is 7.11 Å². The lowest BCUT2D eigenvalue weighted by atomic mass is 9.96. The van der Waals surface area contributed by atoms with Crippen molar-refractivity contribution in [3.63, 3.8) is 0 Å². The Kier molecular flexibility index (Phi) is 8.30. The van der Waals surface area contributed by atoms with Crippen LogP contribution in [0.2, 0.25) is 0 Å². The van der Waals surface area contributed by atoms with Gasteiger partial charge in [0.25, 0.3) is 0 Å². The number of nitrogens with zero attached hydrogens (tertiary/aromatic N) is 1. The van der Waals surface area contributed by atoms with Gasteiger partial charge in [0.2, 0.25) is 5.91 Å². The third-order valence-electron chi connectivity index (χ3n) is 5.67. The van der Waals surface area contributed by atoms with Crippen molar-refractivity contribution in [1.82, 2.24) is 25.6 Å². The maximum atomic E-state index is 13.5. The molecule has 0 radical (unpaired) electrons. The number of imidazole rings is 1. The van der Waals surface area contributed by atoms with E-state index in [0.29, 0.717) is 5.69 Å². The highest BCUT2D eigenvalue weighted by Crippen LogP contribution is 2.21. The SMILES string of the molecule is COC(=O)[C@H](Cc1cnc(C(C)(C)C)[nH]1)NC(=O)[C@H](Cc1c[nH]c2ccccc12)NC(=O)OC(C)(C)C. The monoisotopic (exact) mass is 511 g/mol. The quantitative estimate of drug-likeness (QED) is 0.341. The number of rotatable bonds is 8. The van der Waals surface area contributed by atoms with Gasteiger partial charge in [-0.1, -0.05) is 39.0 Å². The molecule has 2 atom stereocenters. The van der Waals surface area contributed by atoms with Gasteiger partial charge in [0.15, 0.2) is 0 Å². The van der Waals surface area contributed by atoms with Crippen LogP contribution in [0.25, 0.3) is 10.9 Å². The highest BCUT2D eigenvalue weighted by Gasteiger charge is 2.30. The fourth-order valence-corrected chi connectivity index (χ4v) is 3.85. The number of aromatic amines is 2. The molecule has 0 saturated heterocycles. The van der Waals surface area contributed by atoms with Crippen LogP contribution in [0.15, 0.2) is 36.7 Å². The highest BCUT2D eigenvalue weighted by atomic mass is 16.6. The van der Waals surface area contributed by atoms with E-state index in [0.717, 1.165) is 22.3 Å². The Balaban J connectivity index is 1.83. The van der Waals surface area contributed by atoms with Crippen LogP contribution in [0.3, 0.4) is 0 Å². The number of ether oxygens (including phenoxy) is 2. The Hall–Kier alpha value is -3.82. The minimum absolute atomic E-state index is 0.147. The molecule has 200 valence electrons. The third-order valence-corrected chi connectivity index (χ3v) is 5.67. The van der Waals surface area contributed by atoms with E-state index >= 15 is 0 Å². The summed E-state index contributed by atoms with van der Waals surface area (Å²) in [6, 6.07) is 5.68. The summed E-state index contributed by atoms with van der Waals surface area (Å²) in [6.07, 6.45) is 3.04. The lowest BCUT2D eigenvalue weighted by molar-refractivity contribution is -0.145. The molecule has 3 aromatic rings. The van der Waals surface area contributed by atoms with Gasteiger partial charge in [-0.15, -0.1) is 0 Å². The second kappa shape index (κ2) is 11.1. The molecule has 10 nitrogen and oxygen atoms in total. The lowest BCUT2D eigenvalue weighted by Crippen LogP contribution is -2.54. The number of aromatic nitrogens is 3. The van der Waals surface area contributed by atoms with E-state index < -0.39 is 35.7 Å². The molecule has 1 aromatic carbocycles. The molecule has 0 aliphatic rings. The molecular formula is C27H37N5O5. The molecule has 0 saturated carbocycles. The zero-order valence-corrected chi connectivity index (χ0v) is 22.5.